The highest BCUT2D eigenvalue weighted by molar-refractivity contribution is 14.1. The molecule has 0 aromatic heterocycles. The van der Waals surface area contributed by atoms with Crippen LogP contribution in [-0.4, -0.2) is 6.54 Å². The average Bonchev–Trinajstić information content (AvgIpc) is 2.53. The molecule has 13 heavy (non-hydrogen) atoms. The number of rotatable bonds is 1. The summed E-state index contributed by atoms with van der Waals surface area (Å²) in [5.74, 6) is 0.820. The standard InChI is InChI=1S/C11H14IN/c1-8-6-11(13-7-8)9-4-2-3-5-10(9)12/h2-5,8,11,13H,6-7H2,1H3. The van der Waals surface area contributed by atoms with Gasteiger partial charge in [0.05, 0.1) is 0 Å². The smallest absolute Gasteiger partial charge is 0.0333 e. The number of nitrogens with one attached hydrogen (secondary N) is 1. The second-order valence-electron chi connectivity index (χ2n) is 3.82. The summed E-state index contributed by atoms with van der Waals surface area (Å²) in [5.41, 5.74) is 1.47. The Bertz CT molecular complexity index is 298. The van der Waals surface area contributed by atoms with Crippen LogP contribution in [0.1, 0.15) is 24.9 Å². The summed E-state index contributed by atoms with van der Waals surface area (Å²) in [4.78, 5) is 0. The molecule has 0 amide bonds. The molecule has 0 aliphatic carbocycles. The van der Waals surface area contributed by atoms with Crippen LogP contribution in [0.5, 0.6) is 0 Å². The summed E-state index contributed by atoms with van der Waals surface area (Å²) in [7, 11) is 0. The van der Waals surface area contributed by atoms with Crippen molar-refractivity contribution in [3.63, 3.8) is 0 Å². The molecule has 70 valence electrons. The lowest BCUT2D eigenvalue weighted by Crippen LogP contribution is -2.14. The molecule has 1 aliphatic rings. The predicted octanol–water partition coefficient (Wildman–Crippen LogP) is 2.96. The lowest BCUT2D eigenvalue weighted by Gasteiger charge is -2.12. The van der Waals surface area contributed by atoms with E-state index in [-0.39, 0.29) is 0 Å². The first-order chi connectivity index (χ1) is 6.27. The van der Waals surface area contributed by atoms with Gasteiger partial charge in [0.2, 0.25) is 0 Å². The van der Waals surface area contributed by atoms with Gasteiger partial charge in [0.1, 0.15) is 0 Å². The van der Waals surface area contributed by atoms with E-state index in [9.17, 15) is 0 Å². The van der Waals surface area contributed by atoms with Crippen LogP contribution in [0, 0.1) is 9.49 Å². The van der Waals surface area contributed by atoms with E-state index in [0.29, 0.717) is 6.04 Å². The summed E-state index contributed by atoms with van der Waals surface area (Å²) < 4.78 is 1.38. The lowest BCUT2D eigenvalue weighted by molar-refractivity contribution is 0.610. The van der Waals surface area contributed by atoms with E-state index >= 15 is 0 Å². The van der Waals surface area contributed by atoms with Crippen LogP contribution >= 0.6 is 22.6 Å². The minimum atomic E-state index is 0.586. The van der Waals surface area contributed by atoms with Crippen molar-refractivity contribution >= 4 is 22.6 Å². The van der Waals surface area contributed by atoms with Crippen molar-refractivity contribution in [2.75, 3.05) is 6.54 Å². The Labute approximate surface area is 93.1 Å². The third-order valence-corrected chi connectivity index (χ3v) is 3.61. The molecule has 1 N–H and O–H groups in total. The fourth-order valence-electron chi connectivity index (χ4n) is 1.91. The molecule has 1 fully saturated rings. The Balaban J connectivity index is 2.21. The van der Waals surface area contributed by atoms with E-state index in [1.165, 1.54) is 15.6 Å². The van der Waals surface area contributed by atoms with Crippen LogP contribution in [0.2, 0.25) is 0 Å². The van der Waals surface area contributed by atoms with Crippen molar-refractivity contribution in [2.24, 2.45) is 5.92 Å². The molecule has 2 rings (SSSR count). The third kappa shape index (κ3) is 2.05. The molecule has 0 bridgehead atoms. The fourth-order valence-corrected chi connectivity index (χ4v) is 2.67. The normalized spacial score (nSPS) is 27.8. The van der Waals surface area contributed by atoms with E-state index < -0.39 is 0 Å². The molecule has 1 saturated heterocycles. The second kappa shape index (κ2) is 3.96. The van der Waals surface area contributed by atoms with Crippen molar-refractivity contribution in [1.29, 1.82) is 0 Å². The van der Waals surface area contributed by atoms with Crippen LogP contribution in [0.25, 0.3) is 0 Å². The Kier molecular flexibility index (Phi) is 2.89. The predicted molar refractivity (Wildman–Crippen MR) is 63.7 cm³/mol. The quantitative estimate of drug-likeness (QED) is 0.783. The maximum absolute atomic E-state index is 3.56. The molecule has 1 heterocycles. The van der Waals surface area contributed by atoms with Crippen LogP contribution in [0.15, 0.2) is 24.3 Å². The minimum Gasteiger partial charge on any atom is -0.310 e. The average molecular weight is 287 g/mol. The second-order valence-corrected chi connectivity index (χ2v) is 4.99. The van der Waals surface area contributed by atoms with Crippen molar-refractivity contribution < 1.29 is 0 Å². The van der Waals surface area contributed by atoms with Gasteiger partial charge in [0.15, 0.2) is 0 Å². The summed E-state index contributed by atoms with van der Waals surface area (Å²) >= 11 is 2.42. The SMILES string of the molecule is CC1CNC(c2ccccc2I)C1. The molecule has 2 atom stereocenters. The molecule has 2 heteroatoms. The van der Waals surface area contributed by atoms with Gasteiger partial charge >= 0.3 is 0 Å². The molecule has 2 unspecified atom stereocenters. The Hall–Kier alpha value is -0.0900. The first kappa shape index (κ1) is 9.46. The number of halogens is 1. The minimum absolute atomic E-state index is 0.586. The molecule has 1 aliphatic heterocycles. The summed E-state index contributed by atoms with van der Waals surface area (Å²) in [6, 6.07) is 9.23. The van der Waals surface area contributed by atoms with Crippen molar-refractivity contribution in [2.45, 2.75) is 19.4 Å². The Morgan fingerprint density at radius 3 is 2.77 bits per heavy atom. The van der Waals surface area contributed by atoms with Crippen LogP contribution in [-0.2, 0) is 0 Å². The van der Waals surface area contributed by atoms with Crippen LogP contribution in [0.4, 0.5) is 0 Å². The van der Waals surface area contributed by atoms with Gasteiger partial charge in [-0.25, -0.2) is 0 Å². The number of hydrogen-bond acceptors (Lipinski definition) is 1. The largest absolute Gasteiger partial charge is 0.310 e. The zero-order valence-electron chi connectivity index (χ0n) is 7.76. The Morgan fingerprint density at radius 1 is 1.38 bits per heavy atom. The van der Waals surface area contributed by atoms with E-state index in [4.69, 9.17) is 0 Å². The topological polar surface area (TPSA) is 12.0 Å². The summed E-state index contributed by atoms with van der Waals surface area (Å²) in [5, 5.41) is 3.56. The molecule has 1 aromatic rings. The van der Waals surface area contributed by atoms with Gasteiger partial charge < -0.3 is 5.32 Å². The van der Waals surface area contributed by atoms with Gasteiger partial charge in [-0.2, -0.15) is 0 Å². The van der Waals surface area contributed by atoms with Crippen molar-refractivity contribution in [3.8, 4) is 0 Å². The van der Waals surface area contributed by atoms with Gasteiger partial charge in [-0.3, -0.25) is 0 Å². The number of hydrogen-bond donors (Lipinski definition) is 1. The zero-order valence-corrected chi connectivity index (χ0v) is 9.91. The zero-order chi connectivity index (χ0) is 9.26. The van der Waals surface area contributed by atoms with E-state index in [1.807, 2.05) is 0 Å². The molecular formula is C11H14IN. The lowest BCUT2D eigenvalue weighted by atomic mass is 10.0. The van der Waals surface area contributed by atoms with Gasteiger partial charge in [-0.1, -0.05) is 25.1 Å². The highest BCUT2D eigenvalue weighted by Gasteiger charge is 2.22. The van der Waals surface area contributed by atoms with Crippen LogP contribution < -0.4 is 5.32 Å². The summed E-state index contributed by atoms with van der Waals surface area (Å²) in [6.07, 6.45) is 1.28. The molecule has 1 aromatic carbocycles. The van der Waals surface area contributed by atoms with E-state index in [0.717, 1.165) is 12.5 Å². The van der Waals surface area contributed by atoms with Crippen molar-refractivity contribution in [1.82, 2.24) is 5.32 Å². The van der Waals surface area contributed by atoms with Gasteiger partial charge in [0, 0.05) is 9.61 Å². The molecule has 1 nitrogen and oxygen atoms in total. The summed E-state index contributed by atoms with van der Waals surface area (Å²) in [6.45, 7) is 3.47. The number of benzene rings is 1. The van der Waals surface area contributed by atoms with E-state index in [2.05, 4.69) is 59.1 Å². The molecule has 0 saturated carbocycles. The van der Waals surface area contributed by atoms with Gasteiger partial charge in [0.25, 0.3) is 0 Å². The monoisotopic (exact) mass is 287 g/mol. The van der Waals surface area contributed by atoms with Crippen molar-refractivity contribution in [3.05, 3.63) is 33.4 Å². The fraction of sp³-hybridized carbons (Fsp3) is 0.455. The Morgan fingerprint density at radius 2 is 2.15 bits per heavy atom. The highest BCUT2D eigenvalue weighted by Crippen LogP contribution is 2.29. The maximum atomic E-state index is 3.56. The van der Waals surface area contributed by atoms with E-state index in [1.54, 1.807) is 0 Å². The first-order valence-corrected chi connectivity index (χ1v) is 5.83. The van der Waals surface area contributed by atoms with Crippen LogP contribution in [0.3, 0.4) is 0 Å². The molecule has 0 radical (unpaired) electrons. The third-order valence-electron chi connectivity index (χ3n) is 2.63. The van der Waals surface area contributed by atoms with Gasteiger partial charge in [-0.15, -0.1) is 0 Å². The molecular weight excluding hydrogens is 273 g/mol. The van der Waals surface area contributed by atoms with Gasteiger partial charge in [-0.05, 0) is 53.1 Å². The maximum Gasteiger partial charge on any atom is 0.0333 e. The first-order valence-electron chi connectivity index (χ1n) is 4.75. The highest BCUT2D eigenvalue weighted by atomic mass is 127. The molecule has 0 spiro atoms.